The van der Waals surface area contributed by atoms with E-state index in [0.717, 1.165) is 37.5 Å². The normalized spacial score (nSPS) is 19.3. The maximum atomic E-state index is 15.5. The number of halogens is 2. The van der Waals surface area contributed by atoms with Gasteiger partial charge in [-0.15, -0.1) is 16.3 Å². The number of carbonyl (C=O) groups excluding carboxylic acids is 2. The number of Topliss-reactive ketones (excluding diaryl/α,β-unsaturated/α-hetero) is 1. The summed E-state index contributed by atoms with van der Waals surface area (Å²) in [5.41, 5.74) is 11.0. The zero-order chi connectivity index (χ0) is 41.5. The second-order valence-electron chi connectivity index (χ2n) is 14.2. The largest absolute Gasteiger partial charge is 0.478 e. The number of anilines is 1. The van der Waals surface area contributed by atoms with Gasteiger partial charge in [-0.1, -0.05) is 21.9 Å². The Bertz CT molecular complexity index is 2380. The average Bonchev–Trinajstić information content (AvgIpc) is 3.92. The predicted molar refractivity (Wildman–Crippen MR) is 208 cm³/mol. The van der Waals surface area contributed by atoms with E-state index in [9.17, 15) is 29.4 Å². The highest BCUT2D eigenvalue weighted by Crippen LogP contribution is 2.45. The zero-order valence-electron chi connectivity index (χ0n) is 31.0. The van der Waals surface area contributed by atoms with E-state index >= 15 is 4.39 Å². The number of fused-ring (bicyclic) bond motifs is 2. The number of nitrogens with one attached hydrogen (secondary N) is 1. The Kier molecular flexibility index (Phi) is 11.4. The fourth-order valence-corrected chi connectivity index (χ4v) is 8.75. The lowest BCUT2D eigenvalue weighted by Gasteiger charge is -2.49. The van der Waals surface area contributed by atoms with Gasteiger partial charge in [-0.3, -0.25) is 14.5 Å². The summed E-state index contributed by atoms with van der Waals surface area (Å²) >= 11 is 8.65. The fraction of sp³-hybridized carbons (Fsp3) is 0.400. The summed E-state index contributed by atoms with van der Waals surface area (Å²) in [7, 11) is 0. The smallest absolute Gasteiger partial charge is 0.352 e. The number of ketones is 1. The van der Waals surface area contributed by atoms with E-state index in [1.54, 1.807) is 38.4 Å². The molecule has 306 valence electrons. The third-order valence-corrected chi connectivity index (χ3v) is 12.1. The van der Waals surface area contributed by atoms with Crippen LogP contribution in [0.25, 0.3) is 5.65 Å². The van der Waals surface area contributed by atoms with Crippen molar-refractivity contribution in [1.29, 1.82) is 0 Å². The second kappa shape index (κ2) is 16.3. The Morgan fingerprint density at radius 2 is 1.95 bits per heavy atom. The van der Waals surface area contributed by atoms with Gasteiger partial charge in [0.25, 0.3) is 0 Å². The predicted octanol–water partition coefficient (Wildman–Crippen LogP) is 1.81. The van der Waals surface area contributed by atoms with Gasteiger partial charge in [0, 0.05) is 34.8 Å². The first kappa shape index (κ1) is 40.6. The molecule has 4 aromatic rings. The van der Waals surface area contributed by atoms with E-state index in [4.69, 9.17) is 32.7 Å². The lowest BCUT2D eigenvalue weighted by molar-refractivity contribution is -0.662. The van der Waals surface area contributed by atoms with E-state index in [1.807, 2.05) is 0 Å². The molecule has 7 rings (SSSR count). The number of β-lactam (4-membered cyclic amide) rings is 1. The van der Waals surface area contributed by atoms with Crippen LogP contribution in [0, 0.1) is 11.7 Å². The Morgan fingerprint density at radius 3 is 2.62 bits per heavy atom. The average molecular weight is 859 g/mol. The molecule has 0 aliphatic carbocycles. The van der Waals surface area contributed by atoms with Crippen LogP contribution in [-0.2, 0) is 41.9 Å². The number of imidazole rings is 1. The number of nitrogens with zero attached hydrogens (tertiary/aromatic N) is 8. The van der Waals surface area contributed by atoms with Gasteiger partial charge in [-0.25, -0.2) is 23.2 Å². The van der Waals surface area contributed by atoms with Crippen LogP contribution in [0.2, 0.25) is 5.02 Å². The number of aromatic nitrogens is 5. The maximum absolute atomic E-state index is 15.5. The lowest BCUT2D eigenvalue weighted by Crippen LogP contribution is -2.62. The SMILES string of the molecule is CC(C)(O/N=C(\C(=O)C[C@@H]1C(=O)N2C(C(=O)O)=C(Cn3ccc4n3cc[n+]4Cc3c(F)cc(C(N)=NOC4CCNCC4)cc3Cl)CS[C@H]12)c1nsc(N)n1)C(=O)O. The molecule has 1 amide bonds. The molecule has 7 N–H and O–H groups in total. The molecule has 3 aliphatic rings. The molecule has 2 fully saturated rings. The fourth-order valence-electron chi connectivity index (χ4n) is 6.64. The molecular formula is C35H38ClFN11O8S2+. The summed E-state index contributed by atoms with van der Waals surface area (Å²) < 4.78 is 24.8. The number of carbonyl (C=O) groups is 4. The number of carboxylic acids is 2. The monoisotopic (exact) mass is 858 g/mol. The van der Waals surface area contributed by atoms with Crippen molar-refractivity contribution in [2.24, 2.45) is 22.0 Å². The first-order chi connectivity index (χ1) is 27.6. The lowest BCUT2D eigenvalue weighted by atomic mass is 9.89. The van der Waals surface area contributed by atoms with Gasteiger partial charge >= 0.3 is 17.6 Å². The van der Waals surface area contributed by atoms with Crippen molar-refractivity contribution >= 4 is 80.9 Å². The topological polar surface area (TPSA) is 258 Å². The molecule has 0 bridgehead atoms. The summed E-state index contributed by atoms with van der Waals surface area (Å²) in [6.45, 7) is 4.26. The van der Waals surface area contributed by atoms with Crippen molar-refractivity contribution in [2.75, 3.05) is 24.6 Å². The number of hydrogen-bond acceptors (Lipinski definition) is 14. The molecule has 3 aromatic heterocycles. The molecule has 2 saturated heterocycles. The van der Waals surface area contributed by atoms with Crippen LogP contribution < -0.4 is 21.4 Å². The molecule has 0 spiro atoms. The van der Waals surface area contributed by atoms with E-state index in [-0.39, 0.29) is 63.6 Å². The molecular weight excluding hydrogens is 821 g/mol. The number of carboxylic acid groups (broad SMARTS) is 2. The molecule has 6 heterocycles. The zero-order valence-corrected chi connectivity index (χ0v) is 33.4. The molecule has 0 unspecified atom stereocenters. The molecule has 3 aliphatic heterocycles. The Balaban J connectivity index is 1.05. The van der Waals surface area contributed by atoms with Crippen molar-refractivity contribution in [3.8, 4) is 0 Å². The van der Waals surface area contributed by atoms with Gasteiger partial charge < -0.3 is 36.7 Å². The first-order valence-electron chi connectivity index (χ1n) is 17.9. The van der Waals surface area contributed by atoms with Crippen LogP contribution in [0.5, 0.6) is 0 Å². The second-order valence-corrected chi connectivity index (χ2v) is 16.5. The molecule has 0 radical (unpaired) electrons. The number of nitrogens with two attached hydrogens (primary N) is 2. The van der Waals surface area contributed by atoms with Crippen molar-refractivity contribution in [3.05, 3.63) is 75.9 Å². The minimum absolute atomic E-state index is 0.0103. The van der Waals surface area contributed by atoms with Gasteiger partial charge in [0.1, 0.15) is 30.4 Å². The van der Waals surface area contributed by atoms with E-state index < -0.39 is 58.5 Å². The quantitative estimate of drug-likeness (QED) is 0.0376. The number of oxime groups is 2. The number of nitrogen functional groups attached to an aromatic ring is 1. The van der Waals surface area contributed by atoms with Crippen LogP contribution in [0.3, 0.4) is 0 Å². The van der Waals surface area contributed by atoms with Gasteiger partial charge in [-0.2, -0.15) is 9.36 Å². The number of thioether (sulfide) groups is 1. The third kappa shape index (κ3) is 8.08. The Hall–Kier alpha value is -5.58. The number of piperidine rings is 1. The summed E-state index contributed by atoms with van der Waals surface area (Å²) in [5.74, 6) is -5.40. The van der Waals surface area contributed by atoms with Crippen molar-refractivity contribution in [1.82, 2.24) is 28.8 Å². The summed E-state index contributed by atoms with van der Waals surface area (Å²) in [5, 5.41) is 30.2. The highest BCUT2D eigenvalue weighted by atomic mass is 35.5. The van der Waals surface area contributed by atoms with Crippen molar-refractivity contribution < 1.29 is 48.0 Å². The number of amidine groups is 1. The summed E-state index contributed by atoms with van der Waals surface area (Å²) in [6.07, 6.45) is 6.31. The number of rotatable bonds is 15. The van der Waals surface area contributed by atoms with Gasteiger partial charge in [0.15, 0.2) is 28.7 Å². The molecule has 2 atom stereocenters. The number of amides is 1. The van der Waals surface area contributed by atoms with Crippen LogP contribution in [0.1, 0.15) is 50.1 Å². The standard InChI is InChI=1S/C35H37ClFN11O8S2/c1-35(2,33(53)54)56-42-26(29-41-34(39)58-44-29)24(49)13-20-30(50)48-27(32(51)52)18(16-57-31(20)48)14-46-8-5-25-45(9-10-47(25)46)15-21-22(36)11-17(12-23(21)37)28(38)43-55-19-3-6-40-7-4-19/h5,8-12,19-20,31,40H,3-4,6-7,13-16H2,1-2H3,(H5-,38,39,41,43,44,51,52,53,54)/p+1/b42-26+/t20-,31-/m1/s1. The van der Waals surface area contributed by atoms with Gasteiger partial charge in [-0.05, 0) is 57.5 Å². The van der Waals surface area contributed by atoms with Crippen LogP contribution >= 0.6 is 34.9 Å². The highest BCUT2D eigenvalue weighted by molar-refractivity contribution is 8.00. The van der Waals surface area contributed by atoms with E-state index in [1.165, 1.54) is 42.6 Å². The van der Waals surface area contributed by atoms with Crippen LogP contribution in [0.15, 0.2) is 58.4 Å². The minimum atomic E-state index is -1.80. The third-order valence-electron chi connectivity index (χ3n) is 9.86. The van der Waals surface area contributed by atoms with Crippen LogP contribution in [-0.4, -0.2) is 105 Å². The highest BCUT2D eigenvalue weighted by Gasteiger charge is 2.54. The molecule has 0 saturated carbocycles. The minimum Gasteiger partial charge on any atom is -0.478 e. The number of benzene rings is 1. The van der Waals surface area contributed by atoms with E-state index in [2.05, 4.69) is 25.0 Å². The van der Waals surface area contributed by atoms with Crippen LogP contribution in [0.4, 0.5) is 9.52 Å². The maximum Gasteiger partial charge on any atom is 0.352 e. The number of aliphatic carboxylic acids is 2. The van der Waals surface area contributed by atoms with Crippen molar-refractivity contribution in [3.63, 3.8) is 0 Å². The summed E-state index contributed by atoms with van der Waals surface area (Å²) in [4.78, 5) is 67.1. The van der Waals surface area contributed by atoms with E-state index in [0.29, 0.717) is 11.2 Å². The molecule has 23 heteroatoms. The van der Waals surface area contributed by atoms with Crippen molar-refractivity contribution in [2.45, 2.75) is 63.3 Å². The van der Waals surface area contributed by atoms with Gasteiger partial charge in [0.05, 0.1) is 35.1 Å². The molecule has 1 aromatic carbocycles. The number of hydrogen-bond donors (Lipinski definition) is 5. The first-order valence-corrected chi connectivity index (χ1v) is 20.1. The molecule has 19 nitrogen and oxygen atoms in total. The van der Waals surface area contributed by atoms with Gasteiger partial charge in [0.2, 0.25) is 17.3 Å². The Labute approximate surface area is 342 Å². The Morgan fingerprint density at radius 1 is 1.19 bits per heavy atom. The molecule has 58 heavy (non-hydrogen) atoms. The summed E-state index contributed by atoms with van der Waals surface area (Å²) in [6, 6.07) is 4.58.